The van der Waals surface area contributed by atoms with Crippen LogP contribution in [0.3, 0.4) is 0 Å². The molecule has 0 saturated carbocycles. The van der Waals surface area contributed by atoms with Crippen molar-refractivity contribution in [3.05, 3.63) is 53.6 Å². The predicted molar refractivity (Wildman–Crippen MR) is 147 cm³/mol. The molecule has 0 aromatic heterocycles. The van der Waals surface area contributed by atoms with Crippen LogP contribution in [0.15, 0.2) is 42.5 Å². The van der Waals surface area contributed by atoms with Crippen LogP contribution in [0.25, 0.3) is 0 Å². The topological polar surface area (TPSA) is 111 Å². The summed E-state index contributed by atoms with van der Waals surface area (Å²) in [6.07, 6.45) is 2.37. The van der Waals surface area contributed by atoms with Gasteiger partial charge in [0.1, 0.15) is 17.4 Å². The first kappa shape index (κ1) is 30.0. The molecule has 3 atom stereocenters. The van der Waals surface area contributed by atoms with E-state index in [1.165, 1.54) is 13.2 Å². The van der Waals surface area contributed by atoms with Crippen molar-refractivity contribution in [2.24, 2.45) is 17.8 Å². The quantitative estimate of drug-likeness (QED) is 0.505. The van der Waals surface area contributed by atoms with E-state index in [9.17, 15) is 19.5 Å². The number of rotatable bonds is 4. The number of fused-ring (bicyclic) bond motifs is 10. The van der Waals surface area contributed by atoms with Crippen molar-refractivity contribution in [2.75, 3.05) is 7.11 Å². The van der Waals surface area contributed by atoms with Crippen LogP contribution in [-0.4, -0.2) is 41.7 Å². The maximum Gasteiger partial charge on any atom is 0.328 e. The molecule has 0 unspecified atom stereocenters. The molecule has 2 aromatic rings. The smallest absolute Gasteiger partial charge is 0.328 e. The number of hydrogen-bond acceptors (Lipinski definition) is 7. The van der Waals surface area contributed by atoms with Crippen LogP contribution in [0.1, 0.15) is 65.0 Å². The number of amides is 1. The maximum absolute atomic E-state index is 13.8. The average molecular weight is 540 g/mol. The Hall–Kier alpha value is -3.55. The summed E-state index contributed by atoms with van der Waals surface area (Å²) >= 11 is 0. The van der Waals surface area contributed by atoms with Crippen LogP contribution in [0.2, 0.25) is 0 Å². The van der Waals surface area contributed by atoms with E-state index < -0.39 is 41.3 Å². The lowest BCUT2D eigenvalue weighted by Gasteiger charge is -2.30. The minimum Gasteiger partial charge on any atom is -0.504 e. The molecule has 2 aliphatic heterocycles. The standard InChI is InChI=1S/C31H41NO7/c1-19(2)16-24-23(29(35)39-31(3,4)5)9-7-8-20-10-13-22(14-11-20)38-27-18-21(12-15-26(27)33)17-25(30(36)37-6)32-28(24)34/h10-15,18-19,23-25,33H,7-9,16-17H2,1-6H3,(H,32,34)/t23-,24+,25-/m0/s1. The molecule has 4 bridgehead atoms. The van der Waals surface area contributed by atoms with Crippen molar-refractivity contribution in [1.29, 1.82) is 0 Å². The van der Waals surface area contributed by atoms with Crippen molar-refractivity contribution < 1.29 is 33.7 Å². The molecule has 2 aromatic carbocycles. The summed E-state index contributed by atoms with van der Waals surface area (Å²) in [6.45, 7) is 9.43. The molecule has 1 amide bonds. The molecule has 0 spiro atoms. The molecule has 2 N–H and O–H groups in total. The molecular weight excluding hydrogens is 498 g/mol. The lowest BCUT2D eigenvalue weighted by Crippen LogP contribution is -2.48. The average Bonchev–Trinajstić information content (AvgIpc) is 2.86. The van der Waals surface area contributed by atoms with Gasteiger partial charge in [-0.15, -0.1) is 0 Å². The summed E-state index contributed by atoms with van der Waals surface area (Å²) in [5.41, 5.74) is 1.01. The molecule has 0 aliphatic carbocycles. The summed E-state index contributed by atoms with van der Waals surface area (Å²) in [4.78, 5) is 40.0. The fourth-order valence-electron chi connectivity index (χ4n) is 4.82. The number of nitrogens with one attached hydrogen (secondary N) is 1. The lowest BCUT2D eigenvalue weighted by molar-refractivity contribution is -0.164. The van der Waals surface area contributed by atoms with Crippen molar-refractivity contribution in [3.8, 4) is 17.2 Å². The first-order valence-electron chi connectivity index (χ1n) is 13.6. The van der Waals surface area contributed by atoms with Crippen LogP contribution >= 0.6 is 0 Å². The Kier molecular flexibility index (Phi) is 10.0. The van der Waals surface area contributed by atoms with Gasteiger partial charge in [-0.05, 0) is 87.8 Å². The van der Waals surface area contributed by atoms with E-state index >= 15 is 0 Å². The third-order valence-corrected chi connectivity index (χ3v) is 6.66. The SMILES string of the molecule is COC(=O)[C@@H]1Cc2ccc(O)c(c2)Oc2ccc(cc2)CCC[C@H](C(=O)OC(C)(C)C)[C@@H](CC(C)C)C(=O)N1. The minimum atomic E-state index is -0.997. The number of benzene rings is 2. The van der Waals surface area contributed by atoms with Crippen molar-refractivity contribution in [1.82, 2.24) is 5.32 Å². The zero-order valence-electron chi connectivity index (χ0n) is 23.8. The van der Waals surface area contributed by atoms with Crippen molar-refractivity contribution in [3.63, 3.8) is 0 Å². The van der Waals surface area contributed by atoms with Crippen LogP contribution in [0.4, 0.5) is 0 Å². The van der Waals surface area contributed by atoms with Gasteiger partial charge in [0.2, 0.25) is 5.91 Å². The summed E-state index contributed by atoms with van der Waals surface area (Å²) in [5, 5.41) is 13.2. The molecule has 0 saturated heterocycles. The first-order valence-corrected chi connectivity index (χ1v) is 13.6. The molecule has 0 radical (unpaired) electrons. The van der Waals surface area contributed by atoms with Gasteiger partial charge in [-0.1, -0.05) is 32.0 Å². The highest BCUT2D eigenvalue weighted by Crippen LogP contribution is 2.33. The minimum absolute atomic E-state index is 0.0448. The van der Waals surface area contributed by atoms with Gasteiger partial charge < -0.3 is 24.6 Å². The van der Waals surface area contributed by atoms with Crippen molar-refractivity contribution >= 4 is 17.8 Å². The highest BCUT2D eigenvalue weighted by molar-refractivity contribution is 5.89. The van der Waals surface area contributed by atoms with Crippen LogP contribution < -0.4 is 10.1 Å². The Bertz CT molecular complexity index is 1150. The van der Waals surface area contributed by atoms with Gasteiger partial charge in [-0.3, -0.25) is 9.59 Å². The number of carbonyl (C=O) groups excluding carboxylic acids is 3. The normalized spacial score (nSPS) is 20.5. The molecule has 2 heterocycles. The van der Waals surface area contributed by atoms with Crippen LogP contribution in [0, 0.1) is 17.8 Å². The van der Waals surface area contributed by atoms with Gasteiger partial charge in [0, 0.05) is 6.42 Å². The van der Waals surface area contributed by atoms with Crippen molar-refractivity contribution in [2.45, 2.75) is 78.4 Å². The number of esters is 2. The Morgan fingerprint density at radius 1 is 1.08 bits per heavy atom. The zero-order valence-corrected chi connectivity index (χ0v) is 23.8. The second kappa shape index (κ2) is 13.0. The second-order valence-corrected chi connectivity index (χ2v) is 11.6. The third-order valence-electron chi connectivity index (χ3n) is 6.66. The number of ether oxygens (including phenoxy) is 3. The number of methoxy groups -OCH3 is 1. The number of aromatic hydroxyl groups is 1. The van der Waals surface area contributed by atoms with Gasteiger partial charge >= 0.3 is 11.9 Å². The molecule has 212 valence electrons. The number of hydrogen-bond donors (Lipinski definition) is 2. The van der Waals surface area contributed by atoms with Crippen LogP contribution in [-0.2, 0) is 36.7 Å². The monoisotopic (exact) mass is 539 g/mol. The molecule has 8 heteroatoms. The fraction of sp³-hybridized carbons (Fsp3) is 0.516. The number of aryl methyl sites for hydroxylation is 1. The molecule has 4 rings (SSSR count). The van der Waals surface area contributed by atoms with E-state index in [4.69, 9.17) is 14.2 Å². The largest absolute Gasteiger partial charge is 0.504 e. The van der Waals surface area contributed by atoms with E-state index in [0.717, 1.165) is 5.56 Å². The summed E-state index contributed by atoms with van der Waals surface area (Å²) < 4.78 is 16.7. The van der Waals surface area contributed by atoms with E-state index in [1.807, 2.05) is 58.9 Å². The second-order valence-electron chi connectivity index (χ2n) is 11.6. The molecule has 39 heavy (non-hydrogen) atoms. The predicted octanol–water partition coefficient (Wildman–Crippen LogP) is 5.34. The highest BCUT2D eigenvalue weighted by atomic mass is 16.6. The molecule has 8 nitrogen and oxygen atoms in total. The Morgan fingerprint density at radius 2 is 1.74 bits per heavy atom. The Labute approximate surface area is 231 Å². The zero-order chi connectivity index (χ0) is 28.7. The van der Waals surface area contributed by atoms with E-state index in [0.29, 0.717) is 37.0 Å². The molecule has 0 fully saturated rings. The summed E-state index contributed by atoms with van der Waals surface area (Å²) in [6, 6.07) is 11.3. The Balaban J connectivity index is 2.05. The molecular formula is C31H41NO7. The fourth-order valence-corrected chi connectivity index (χ4v) is 4.82. The van der Waals surface area contributed by atoms with E-state index in [2.05, 4.69) is 5.32 Å². The van der Waals surface area contributed by atoms with Crippen LogP contribution in [0.5, 0.6) is 17.2 Å². The van der Waals surface area contributed by atoms with Gasteiger partial charge in [0.05, 0.1) is 18.9 Å². The summed E-state index contributed by atoms with van der Waals surface area (Å²) in [7, 11) is 1.26. The van der Waals surface area contributed by atoms with Gasteiger partial charge in [-0.2, -0.15) is 0 Å². The van der Waals surface area contributed by atoms with E-state index in [1.54, 1.807) is 12.1 Å². The highest BCUT2D eigenvalue weighted by Gasteiger charge is 2.38. The maximum atomic E-state index is 13.8. The number of phenolic OH excluding ortho intramolecular Hbond substituents is 1. The van der Waals surface area contributed by atoms with Gasteiger partial charge in [0.15, 0.2) is 11.5 Å². The molecule has 2 aliphatic rings. The van der Waals surface area contributed by atoms with Gasteiger partial charge in [0.25, 0.3) is 0 Å². The lowest BCUT2D eigenvalue weighted by atomic mass is 9.81. The Morgan fingerprint density at radius 3 is 2.36 bits per heavy atom. The summed E-state index contributed by atoms with van der Waals surface area (Å²) in [5.74, 6) is -1.91. The number of carbonyl (C=O) groups is 3. The van der Waals surface area contributed by atoms with E-state index in [-0.39, 0.29) is 23.8 Å². The third kappa shape index (κ3) is 8.73. The van der Waals surface area contributed by atoms with Gasteiger partial charge in [-0.25, -0.2) is 4.79 Å². The first-order chi connectivity index (χ1) is 18.4. The number of phenols is 1.